The lowest BCUT2D eigenvalue weighted by Crippen LogP contribution is -2.46. The van der Waals surface area contributed by atoms with Crippen molar-refractivity contribution in [1.82, 2.24) is 5.32 Å². The lowest BCUT2D eigenvalue weighted by molar-refractivity contribution is -0.118. The number of carbonyl (C=O) groups excluding carboxylic acids is 1. The molecule has 0 aliphatic carbocycles. The zero-order valence-corrected chi connectivity index (χ0v) is 16.9. The highest BCUT2D eigenvalue weighted by Crippen LogP contribution is 2.39. The Morgan fingerprint density at radius 1 is 1.10 bits per heavy atom. The first-order chi connectivity index (χ1) is 14.0. The van der Waals surface area contributed by atoms with E-state index in [0.29, 0.717) is 16.5 Å². The number of benzene rings is 2. The van der Waals surface area contributed by atoms with Crippen molar-refractivity contribution in [1.29, 1.82) is 5.26 Å². The van der Waals surface area contributed by atoms with Crippen molar-refractivity contribution in [3.63, 3.8) is 0 Å². The van der Waals surface area contributed by atoms with Gasteiger partial charge in [-0.05, 0) is 43.2 Å². The summed E-state index contributed by atoms with van der Waals surface area (Å²) in [6, 6.07) is 21.4. The maximum atomic E-state index is 12.5. The standard InChI is InChI=1S/C23H19N3O2S/c1-14-8-9-15(2)18(12-14)26-21(25-22(27)17(13-24)23(26)29)20-11-10-19(28-20)16-6-4-3-5-7-16/h3-12,21,29H,1-2H3,(H,25,27). The van der Waals surface area contributed by atoms with Gasteiger partial charge >= 0.3 is 0 Å². The molecule has 1 unspecified atom stereocenters. The molecule has 1 aliphatic heterocycles. The lowest BCUT2D eigenvalue weighted by Gasteiger charge is -2.37. The van der Waals surface area contributed by atoms with Crippen molar-refractivity contribution in [2.75, 3.05) is 4.90 Å². The number of thiol groups is 1. The summed E-state index contributed by atoms with van der Waals surface area (Å²) in [6.45, 7) is 3.97. The minimum atomic E-state index is -0.620. The van der Waals surface area contributed by atoms with Gasteiger partial charge in [-0.25, -0.2) is 0 Å². The Morgan fingerprint density at radius 3 is 2.59 bits per heavy atom. The van der Waals surface area contributed by atoms with E-state index in [2.05, 4.69) is 17.9 Å². The van der Waals surface area contributed by atoms with Crippen molar-refractivity contribution in [3.05, 3.63) is 88.2 Å². The first kappa shape index (κ1) is 18.9. The predicted molar refractivity (Wildman–Crippen MR) is 115 cm³/mol. The highest BCUT2D eigenvalue weighted by atomic mass is 32.1. The van der Waals surface area contributed by atoms with Crippen LogP contribution in [0.2, 0.25) is 0 Å². The Bertz CT molecular complexity index is 1160. The van der Waals surface area contributed by atoms with Crippen molar-refractivity contribution in [2.24, 2.45) is 0 Å². The van der Waals surface area contributed by atoms with E-state index in [1.165, 1.54) is 0 Å². The van der Waals surface area contributed by atoms with Gasteiger partial charge in [0.1, 0.15) is 23.2 Å². The molecule has 0 saturated heterocycles. The van der Waals surface area contributed by atoms with Gasteiger partial charge in [0.05, 0.1) is 5.03 Å². The Kier molecular flexibility index (Phi) is 4.91. The quantitative estimate of drug-likeness (QED) is 0.615. The average molecular weight is 401 g/mol. The van der Waals surface area contributed by atoms with Crippen LogP contribution < -0.4 is 10.2 Å². The maximum Gasteiger partial charge on any atom is 0.266 e. The zero-order valence-electron chi connectivity index (χ0n) is 16.0. The number of hydrogen-bond acceptors (Lipinski definition) is 5. The van der Waals surface area contributed by atoms with E-state index < -0.39 is 12.1 Å². The molecule has 1 N–H and O–H groups in total. The van der Waals surface area contributed by atoms with E-state index >= 15 is 0 Å². The topological polar surface area (TPSA) is 69.3 Å². The molecule has 2 heterocycles. The number of nitrogens with zero attached hydrogens (tertiary/aromatic N) is 2. The molecule has 0 spiro atoms. The molecule has 0 bridgehead atoms. The summed E-state index contributed by atoms with van der Waals surface area (Å²) in [5.41, 5.74) is 3.82. The summed E-state index contributed by atoms with van der Waals surface area (Å²) in [5, 5.41) is 12.6. The van der Waals surface area contributed by atoms with Crippen LogP contribution in [0.3, 0.4) is 0 Å². The smallest absolute Gasteiger partial charge is 0.266 e. The number of nitriles is 1. The fraction of sp³-hybridized carbons (Fsp3) is 0.130. The van der Waals surface area contributed by atoms with Gasteiger partial charge in [0.15, 0.2) is 6.17 Å². The summed E-state index contributed by atoms with van der Waals surface area (Å²) in [4.78, 5) is 14.3. The van der Waals surface area contributed by atoms with Crippen LogP contribution in [-0.4, -0.2) is 5.91 Å². The molecule has 144 valence electrons. The van der Waals surface area contributed by atoms with Gasteiger partial charge in [-0.1, -0.05) is 42.5 Å². The average Bonchev–Trinajstić information content (AvgIpc) is 3.21. The highest BCUT2D eigenvalue weighted by molar-refractivity contribution is 7.84. The third-order valence-electron chi connectivity index (χ3n) is 4.90. The van der Waals surface area contributed by atoms with Crippen molar-refractivity contribution in [3.8, 4) is 17.4 Å². The molecule has 4 rings (SSSR count). The molecule has 6 heteroatoms. The number of nitrogens with one attached hydrogen (secondary N) is 1. The molecule has 5 nitrogen and oxygen atoms in total. The summed E-state index contributed by atoms with van der Waals surface area (Å²) >= 11 is 4.55. The fourth-order valence-corrected chi connectivity index (χ4v) is 3.77. The summed E-state index contributed by atoms with van der Waals surface area (Å²) in [7, 11) is 0. The van der Waals surface area contributed by atoms with Crippen LogP contribution in [0, 0.1) is 25.2 Å². The van der Waals surface area contributed by atoms with Gasteiger partial charge in [0, 0.05) is 11.3 Å². The van der Waals surface area contributed by atoms with Crippen LogP contribution in [0.25, 0.3) is 11.3 Å². The fourth-order valence-electron chi connectivity index (χ4n) is 3.39. The van der Waals surface area contributed by atoms with Crippen molar-refractivity contribution < 1.29 is 9.21 Å². The largest absolute Gasteiger partial charge is 0.457 e. The Morgan fingerprint density at radius 2 is 1.86 bits per heavy atom. The molecule has 0 radical (unpaired) electrons. The lowest BCUT2D eigenvalue weighted by atomic mass is 10.1. The molecule has 29 heavy (non-hydrogen) atoms. The second-order valence-electron chi connectivity index (χ2n) is 6.91. The molecular formula is C23H19N3O2S. The molecule has 1 amide bonds. The Balaban J connectivity index is 1.84. The minimum Gasteiger partial charge on any atom is -0.457 e. The Labute approximate surface area is 174 Å². The van der Waals surface area contributed by atoms with Gasteiger partial charge in [-0.15, -0.1) is 12.6 Å². The number of aryl methyl sites for hydroxylation is 2. The zero-order chi connectivity index (χ0) is 20.5. The third kappa shape index (κ3) is 3.41. The highest BCUT2D eigenvalue weighted by Gasteiger charge is 2.36. The molecule has 1 aliphatic rings. The predicted octanol–water partition coefficient (Wildman–Crippen LogP) is 4.86. The molecule has 0 saturated carbocycles. The summed E-state index contributed by atoms with van der Waals surface area (Å²) in [5.74, 6) is 0.787. The van der Waals surface area contributed by atoms with Gasteiger partial charge in [-0.3, -0.25) is 4.79 Å². The second-order valence-corrected chi connectivity index (χ2v) is 7.34. The van der Waals surface area contributed by atoms with Crippen LogP contribution in [0.4, 0.5) is 5.69 Å². The van der Waals surface area contributed by atoms with Crippen molar-refractivity contribution in [2.45, 2.75) is 20.0 Å². The summed E-state index contributed by atoms with van der Waals surface area (Å²) in [6.07, 6.45) is -0.620. The van der Waals surface area contributed by atoms with Gasteiger partial charge in [0.25, 0.3) is 5.91 Å². The van der Waals surface area contributed by atoms with E-state index in [1.54, 1.807) is 0 Å². The van der Waals surface area contributed by atoms with Crippen LogP contribution in [-0.2, 0) is 4.79 Å². The number of amides is 1. The molecular weight excluding hydrogens is 382 g/mol. The van der Waals surface area contributed by atoms with Gasteiger partial charge in [-0.2, -0.15) is 5.26 Å². The third-order valence-corrected chi connectivity index (χ3v) is 5.33. The number of anilines is 1. The molecule has 2 aromatic carbocycles. The molecule has 0 fully saturated rings. The van der Waals surface area contributed by atoms with Crippen LogP contribution >= 0.6 is 12.6 Å². The van der Waals surface area contributed by atoms with E-state index in [1.807, 2.05) is 85.5 Å². The van der Waals surface area contributed by atoms with E-state index in [-0.39, 0.29) is 5.57 Å². The number of rotatable bonds is 3. The first-order valence-electron chi connectivity index (χ1n) is 9.15. The normalized spacial score (nSPS) is 16.6. The monoisotopic (exact) mass is 401 g/mol. The second kappa shape index (κ2) is 7.53. The van der Waals surface area contributed by atoms with E-state index in [4.69, 9.17) is 4.42 Å². The number of carbonyl (C=O) groups is 1. The van der Waals surface area contributed by atoms with Crippen molar-refractivity contribution >= 4 is 24.2 Å². The van der Waals surface area contributed by atoms with Crippen LogP contribution in [0.5, 0.6) is 0 Å². The Hall–Kier alpha value is -3.43. The minimum absolute atomic E-state index is 0.0275. The summed E-state index contributed by atoms with van der Waals surface area (Å²) < 4.78 is 6.10. The molecule has 3 aromatic rings. The van der Waals surface area contributed by atoms with Crippen LogP contribution in [0.1, 0.15) is 23.1 Å². The van der Waals surface area contributed by atoms with E-state index in [0.717, 1.165) is 22.4 Å². The first-order valence-corrected chi connectivity index (χ1v) is 9.60. The van der Waals surface area contributed by atoms with Crippen LogP contribution in [0.15, 0.2) is 75.7 Å². The van der Waals surface area contributed by atoms with Gasteiger partial charge < -0.3 is 14.6 Å². The molecule has 1 aromatic heterocycles. The van der Waals surface area contributed by atoms with Gasteiger partial charge in [0.2, 0.25) is 0 Å². The van der Waals surface area contributed by atoms with E-state index in [9.17, 15) is 10.1 Å². The number of furan rings is 1. The number of hydrogen-bond donors (Lipinski definition) is 2. The molecule has 1 atom stereocenters. The maximum absolute atomic E-state index is 12.5. The SMILES string of the molecule is Cc1ccc(C)c(N2C(S)=C(C#N)C(=O)NC2c2ccc(-c3ccccc3)o2)c1.